The number of anilines is 1. The maximum atomic E-state index is 13.6. The number of fused-ring (bicyclic) bond motifs is 1. The van der Waals surface area contributed by atoms with Gasteiger partial charge in [-0.3, -0.25) is 14.6 Å². The Bertz CT molecular complexity index is 1260. The summed E-state index contributed by atoms with van der Waals surface area (Å²) in [5.74, 6) is -0.426. The first-order chi connectivity index (χ1) is 15.7. The fourth-order valence-corrected chi connectivity index (χ4v) is 4.59. The van der Waals surface area contributed by atoms with Crippen LogP contribution < -0.4 is 5.32 Å². The number of aromatic nitrogens is 3. The molecule has 0 radical (unpaired) electrons. The van der Waals surface area contributed by atoms with Crippen molar-refractivity contribution in [1.82, 2.24) is 19.9 Å². The van der Waals surface area contributed by atoms with Crippen molar-refractivity contribution in [2.24, 2.45) is 5.92 Å². The number of nitrogens with zero attached hydrogens (tertiary/aromatic N) is 4. The maximum Gasteiger partial charge on any atom is 0.254 e. The monoisotopic (exact) mass is 443 g/mol. The molecule has 1 atom stereocenters. The molecule has 0 spiro atoms. The Morgan fingerprint density at radius 2 is 1.94 bits per heavy atom. The van der Waals surface area contributed by atoms with E-state index in [9.17, 15) is 9.59 Å². The molecule has 1 aliphatic rings. The zero-order chi connectivity index (χ0) is 21.9. The summed E-state index contributed by atoms with van der Waals surface area (Å²) in [4.78, 5) is 41.1. The van der Waals surface area contributed by atoms with E-state index in [1.165, 1.54) is 11.3 Å². The molecule has 4 heterocycles. The lowest BCUT2D eigenvalue weighted by atomic mass is 9.95. The second-order valence-electron chi connectivity index (χ2n) is 7.72. The molecule has 1 fully saturated rings. The summed E-state index contributed by atoms with van der Waals surface area (Å²) >= 11 is 1.39. The molecular weight excluding hydrogens is 422 g/mol. The molecule has 160 valence electrons. The Morgan fingerprint density at radius 1 is 1.09 bits per heavy atom. The van der Waals surface area contributed by atoms with Gasteiger partial charge in [-0.1, -0.05) is 18.2 Å². The maximum absolute atomic E-state index is 13.6. The van der Waals surface area contributed by atoms with Crippen molar-refractivity contribution >= 4 is 39.2 Å². The third-order valence-corrected chi connectivity index (χ3v) is 6.35. The standard InChI is InChI=1S/C24H21N5O2S/c30-22(28-24-26-11-13-32-24)17-4-3-12-29(15-17)23(31)19-14-21(16-7-9-25-10-8-16)27-20-6-2-1-5-18(19)20/h1-2,5-11,13-14,17H,3-4,12,15H2,(H,26,28,30)/t17-/m1/s1. The van der Waals surface area contributed by atoms with Gasteiger partial charge in [0.1, 0.15) is 0 Å². The topological polar surface area (TPSA) is 88.1 Å². The predicted octanol–water partition coefficient (Wildman–Crippen LogP) is 4.24. The molecule has 32 heavy (non-hydrogen) atoms. The number of pyridine rings is 2. The summed E-state index contributed by atoms with van der Waals surface area (Å²) in [5.41, 5.74) is 2.99. The molecule has 5 rings (SSSR count). The Labute approximate surface area is 189 Å². The fourth-order valence-electron chi connectivity index (χ4n) is 4.06. The first kappa shape index (κ1) is 20.3. The zero-order valence-corrected chi connectivity index (χ0v) is 18.1. The number of piperidine rings is 1. The number of amides is 2. The van der Waals surface area contributed by atoms with Crippen LogP contribution in [0, 0.1) is 5.92 Å². The van der Waals surface area contributed by atoms with Gasteiger partial charge >= 0.3 is 0 Å². The van der Waals surface area contributed by atoms with Crippen LogP contribution in [-0.4, -0.2) is 44.8 Å². The Hall–Kier alpha value is -3.65. The van der Waals surface area contributed by atoms with E-state index in [1.54, 1.807) is 23.5 Å². The lowest BCUT2D eigenvalue weighted by Crippen LogP contribution is -2.43. The van der Waals surface area contributed by atoms with Crippen LogP contribution in [0.15, 0.2) is 66.4 Å². The van der Waals surface area contributed by atoms with Gasteiger partial charge in [-0.25, -0.2) is 9.97 Å². The lowest BCUT2D eigenvalue weighted by Gasteiger charge is -2.32. The van der Waals surface area contributed by atoms with Gasteiger partial charge in [0.25, 0.3) is 5.91 Å². The van der Waals surface area contributed by atoms with Gasteiger partial charge in [0.15, 0.2) is 5.13 Å². The van der Waals surface area contributed by atoms with Gasteiger partial charge in [-0.05, 0) is 37.1 Å². The summed E-state index contributed by atoms with van der Waals surface area (Å²) < 4.78 is 0. The molecule has 8 heteroatoms. The highest BCUT2D eigenvalue weighted by molar-refractivity contribution is 7.13. The average molecular weight is 444 g/mol. The van der Waals surface area contributed by atoms with Gasteiger partial charge in [0.05, 0.1) is 22.7 Å². The number of likely N-dealkylation sites (tertiary alicyclic amines) is 1. The molecule has 1 saturated heterocycles. The predicted molar refractivity (Wildman–Crippen MR) is 124 cm³/mol. The van der Waals surface area contributed by atoms with E-state index in [2.05, 4.69) is 15.3 Å². The summed E-state index contributed by atoms with van der Waals surface area (Å²) in [6, 6.07) is 13.3. The molecule has 0 saturated carbocycles. The SMILES string of the molecule is O=C(Nc1nccs1)[C@@H]1CCCN(C(=O)c2cc(-c3ccncc3)nc3ccccc23)C1. The molecule has 0 bridgehead atoms. The zero-order valence-electron chi connectivity index (χ0n) is 17.3. The van der Waals surface area contributed by atoms with Crippen molar-refractivity contribution in [2.75, 3.05) is 18.4 Å². The summed E-state index contributed by atoms with van der Waals surface area (Å²) in [6.45, 7) is 1.01. The van der Waals surface area contributed by atoms with Gasteiger partial charge in [0, 0.05) is 48.0 Å². The van der Waals surface area contributed by atoms with Crippen molar-refractivity contribution in [3.63, 3.8) is 0 Å². The van der Waals surface area contributed by atoms with Crippen molar-refractivity contribution in [3.05, 3.63) is 72.0 Å². The second kappa shape index (κ2) is 8.84. The molecule has 1 aromatic carbocycles. The van der Waals surface area contributed by atoms with E-state index in [0.717, 1.165) is 35.0 Å². The number of carbonyl (C=O) groups excluding carboxylic acids is 2. The highest BCUT2D eigenvalue weighted by atomic mass is 32.1. The van der Waals surface area contributed by atoms with Gasteiger partial charge in [0.2, 0.25) is 5.91 Å². The van der Waals surface area contributed by atoms with Crippen molar-refractivity contribution in [3.8, 4) is 11.3 Å². The first-order valence-corrected chi connectivity index (χ1v) is 11.4. The van der Waals surface area contributed by atoms with Crippen LogP contribution in [0.1, 0.15) is 23.2 Å². The van der Waals surface area contributed by atoms with Crippen LogP contribution in [0.2, 0.25) is 0 Å². The Balaban J connectivity index is 1.44. The minimum atomic E-state index is -0.260. The minimum absolute atomic E-state index is 0.0781. The number of hydrogen-bond acceptors (Lipinski definition) is 6. The molecule has 4 aromatic rings. The molecule has 0 unspecified atom stereocenters. The molecule has 1 N–H and O–H groups in total. The molecule has 2 amide bonds. The van der Waals surface area contributed by atoms with Crippen molar-refractivity contribution < 1.29 is 9.59 Å². The highest BCUT2D eigenvalue weighted by Crippen LogP contribution is 2.27. The number of hydrogen-bond donors (Lipinski definition) is 1. The number of nitrogens with one attached hydrogen (secondary N) is 1. The molecule has 3 aromatic heterocycles. The third-order valence-electron chi connectivity index (χ3n) is 5.66. The van der Waals surface area contributed by atoms with E-state index >= 15 is 0 Å². The van der Waals surface area contributed by atoms with E-state index in [-0.39, 0.29) is 17.7 Å². The quantitative estimate of drug-likeness (QED) is 0.510. The normalized spacial score (nSPS) is 16.1. The van der Waals surface area contributed by atoms with Crippen LogP contribution in [0.3, 0.4) is 0 Å². The van der Waals surface area contributed by atoms with Crippen LogP contribution >= 0.6 is 11.3 Å². The highest BCUT2D eigenvalue weighted by Gasteiger charge is 2.30. The van der Waals surface area contributed by atoms with Crippen molar-refractivity contribution in [1.29, 1.82) is 0 Å². The number of thiazole rings is 1. The van der Waals surface area contributed by atoms with Crippen LogP contribution in [-0.2, 0) is 4.79 Å². The number of benzene rings is 1. The van der Waals surface area contributed by atoms with E-state index in [1.807, 2.05) is 47.8 Å². The Morgan fingerprint density at radius 3 is 2.75 bits per heavy atom. The molecule has 7 nitrogen and oxygen atoms in total. The second-order valence-corrected chi connectivity index (χ2v) is 8.62. The molecule has 1 aliphatic heterocycles. The summed E-state index contributed by atoms with van der Waals surface area (Å²) in [7, 11) is 0. The summed E-state index contributed by atoms with van der Waals surface area (Å²) in [5, 5.41) is 6.08. The average Bonchev–Trinajstić information content (AvgIpc) is 3.36. The summed E-state index contributed by atoms with van der Waals surface area (Å²) in [6.07, 6.45) is 6.61. The number of para-hydroxylation sites is 1. The smallest absolute Gasteiger partial charge is 0.254 e. The van der Waals surface area contributed by atoms with Crippen LogP contribution in [0.5, 0.6) is 0 Å². The van der Waals surface area contributed by atoms with Crippen LogP contribution in [0.25, 0.3) is 22.2 Å². The number of rotatable bonds is 4. The molecular formula is C24H21N5O2S. The van der Waals surface area contributed by atoms with E-state index < -0.39 is 0 Å². The van der Waals surface area contributed by atoms with Gasteiger partial charge in [-0.15, -0.1) is 11.3 Å². The first-order valence-electron chi connectivity index (χ1n) is 10.5. The fraction of sp³-hybridized carbons (Fsp3) is 0.208. The van der Waals surface area contributed by atoms with Gasteiger partial charge < -0.3 is 10.2 Å². The van der Waals surface area contributed by atoms with Crippen LogP contribution in [0.4, 0.5) is 5.13 Å². The minimum Gasteiger partial charge on any atom is -0.338 e. The molecule has 0 aliphatic carbocycles. The largest absolute Gasteiger partial charge is 0.338 e. The van der Waals surface area contributed by atoms with E-state index in [4.69, 9.17) is 4.98 Å². The van der Waals surface area contributed by atoms with Gasteiger partial charge in [-0.2, -0.15) is 0 Å². The third kappa shape index (κ3) is 4.09. The number of carbonyl (C=O) groups is 2. The van der Waals surface area contributed by atoms with E-state index in [0.29, 0.717) is 23.8 Å². The van der Waals surface area contributed by atoms with Crippen molar-refractivity contribution in [2.45, 2.75) is 12.8 Å². The lowest BCUT2D eigenvalue weighted by molar-refractivity contribution is -0.121. The Kier molecular flexibility index (Phi) is 5.60.